The summed E-state index contributed by atoms with van der Waals surface area (Å²) < 4.78 is 64.4. The number of alkyl halides is 3. The molecule has 126 valence electrons. The van der Waals surface area contributed by atoms with Crippen LogP contribution in [0.15, 0.2) is 36.5 Å². The summed E-state index contributed by atoms with van der Waals surface area (Å²) in [5.41, 5.74) is -2.07. The second-order valence-electron chi connectivity index (χ2n) is 4.43. The van der Waals surface area contributed by atoms with Gasteiger partial charge in [-0.15, -0.1) is 0 Å². The SMILES string of the molecule is O=C(NC(=O)c1c(F)cccc1F)Nc1cc(C(F)(F)F)ccn1. The maximum absolute atomic E-state index is 13.4. The van der Waals surface area contributed by atoms with Gasteiger partial charge in [0.25, 0.3) is 5.91 Å². The van der Waals surface area contributed by atoms with Gasteiger partial charge in [-0.25, -0.2) is 18.6 Å². The molecular formula is C14H8F5N3O2. The van der Waals surface area contributed by atoms with Gasteiger partial charge in [-0.1, -0.05) is 6.07 Å². The zero-order valence-electron chi connectivity index (χ0n) is 11.6. The Morgan fingerprint density at radius 2 is 1.67 bits per heavy atom. The summed E-state index contributed by atoms with van der Waals surface area (Å²) in [5, 5.41) is 3.46. The van der Waals surface area contributed by atoms with Gasteiger partial charge in [-0.3, -0.25) is 15.4 Å². The molecule has 0 aliphatic rings. The van der Waals surface area contributed by atoms with Crippen LogP contribution >= 0.6 is 0 Å². The Morgan fingerprint density at radius 3 is 2.25 bits per heavy atom. The number of amides is 3. The number of hydrogen-bond donors (Lipinski definition) is 2. The standard InChI is InChI=1S/C14H8F5N3O2/c15-8-2-1-3-9(16)11(8)12(23)22-13(24)21-10-6-7(4-5-20-10)14(17,18)19/h1-6H,(H2,20,21,22,23,24). The Morgan fingerprint density at radius 1 is 1.04 bits per heavy atom. The van der Waals surface area contributed by atoms with Crippen molar-refractivity contribution in [2.75, 3.05) is 5.32 Å². The lowest BCUT2D eigenvalue weighted by Gasteiger charge is -2.10. The van der Waals surface area contributed by atoms with Crippen LogP contribution in [0.3, 0.4) is 0 Å². The Balaban J connectivity index is 2.10. The molecule has 0 aliphatic heterocycles. The molecular weight excluding hydrogens is 337 g/mol. The quantitative estimate of drug-likeness (QED) is 0.820. The number of carbonyl (C=O) groups is 2. The van der Waals surface area contributed by atoms with Gasteiger partial charge in [0.2, 0.25) is 0 Å². The van der Waals surface area contributed by atoms with E-state index in [9.17, 15) is 31.5 Å². The maximum Gasteiger partial charge on any atom is 0.416 e. The van der Waals surface area contributed by atoms with E-state index in [1.165, 1.54) is 0 Å². The van der Waals surface area contributed by atoms with Gasteiger partial charge in [0, 0.05) is 6.20 Å². The molecule has 0 saturated carbocycles. The minimum absolute atomic E-state index is 0.496. The molecule has 2 N–H and O–H groups in total. The molecule has 2 aromatic rings. The lowest BCUT2D eigenvalue weighted by atomic mass is 10.2. The molecule has 0 atom stereocenters. The summed E-state index contributed by atoms with van der Waals surface area (Å²) >= 11 is 0. The van der Waals surface area contributed by atoms with Crippen molar-refractivity contribution < 1.29 is 31.5 Å². The molecule has 0 radical (unpaired) electrons. The minimum Gasteiger partial charge on any atom is -0.292 e. The molecule has 10 heteroatoms. The highest BCUT2D eigenvalue weighted by atomic mass is 19.4. The van der Waals surface area contributed by atoms with Crippen LogP contribution in [0.5, 0.6) is 0 Å². The van der Waals surface area contributed by atoms with Crippen molar-refractivity contribution >= 4 is 17.8 Å². The van der Waals surface area contributed by atoms with Crippen LogP contribution in [0.4, 0.5) is 32.6 Å². The first kappa shape index (κ1) is 17.3. The largest absolute Gasteiger partial charge is 0.416 e. The molecule has 0 fully saturated rings. The number of halogens is 5. The first-order valence-corrected chi connectivity index (χ1v) is 6.28. The summed E-state index contributed by atoms with van der Waals surface area (Å²) in [5.74, 6) is -4.28. The Kier molecular flexibility index (Phi) is 4.77. The first-order chi connectivity index (χ1) is 11.2. The van der Waals surface area contributed by atoms with Gasteiger partial charge >= 0.3 is 12.2 Å². The number of hydrogen-bond acceptors (Lipinski definition) is 3. The van der Waals surface area contributed by atoms with Crippen LogP contribution in [-0.4, -0.2) is 16.9 Å². The fourth-order valence-corrected chi connectivity index (χ4v) is 1.70. The summed E-state index contributed by atoms with van der Waals surface area (Å²) in [6, 6.07) is 2.56. The van der Waals surface area contributed by atoms with Crippen LogP contribution in [0.25, 0.3) is 0 Å². The van der Waals surface area contributed by atoms with Crippen molar-refractivity contribution in [1.29, 1.82) is 0 Å². The number of benzene rings is 1. The molecule has 3 amide bonds. The number of nitrogens with one attached hydrogen (secondary N) is 2. The summed E-state index contributed by atoms with van der Waals surface area (Å²) in [6.45, 7) is 0. The van der Waals surface area contributed by atoms with E-state index in [-0.39, 0.29) is 0 Å². The van der Waals surface area contributed by atoms with Crippen molar-refractivity contribution in [3.63, 3.8) is 0 Å². The highest BCUT2D eigenvalue weighted by Crippen LogP contribution is 2.29. The second-order valence-corrected chi connectivity index (χ2v) is 4.43. The van der Waals surface area contributed by atoms with Crippen LogP contribution in [-0.2, 0) is 6.18 Å². The summed E-state index contributed by atoms with van der Waals surface area (Å²) in [7, 11) is 0. The number of imide groups is 1. The van der Waals surface area contributed by atoms with Crippen molar-refractivity contribution in [2.24, 2.45) is 0 Å². The molecule has 24 heavy (non-hydrogen) atoms. The average molecular weight is 345 g/mol. The van der Waals surface area contributed by atoms with Crippen molar-refractivity contribution in [3.05, 3.63) is 59.3 Å². The molecule has 5 nitrogen and oxygen atoms in total. The number of pyridine rings is 1. The topological polar surface area (TPSA) is 71.1 Å². The number of aromatic nitrogens is 1. The van der Waals surface area contributed by atoms with E-state index < -0.39 is 46.7 Å². The molecule has 0 aliphatic carbocycles. The van der Waals surface area contributed by atoms with E-state index in [2.05, 4.69) is 4.98 Å². The number of urea groups is 1. The molecule has 1 heterocycles. The van der Waals surface area contributed by atoms with Gasteiger partial charge in [0.1, 0.15) is 23.0 Å². The zero-order valence-corrected chi connectivity index (χ0v) is 11.6. The Bertz CT molecular complexity index is 772. The number of nitrogens with zero attached hydrogens (tertiary/aromatic N) is 1. The van der Waals surface area contributed by atoms with Crippen molar-refractivity contribution in [3.8, 4) is 0 Å². The van der Waals surface area contributed by atoms with E-state index in [0.29, 0.717) is 12.1 Å². The zero-order chi connectivity index (χ0) is 17.9. The average Bonchev–Trinajstić information content (AvgIpc) is 2.46. The number of anilines is 1. The Hall–Kier alpha value is -3.04. The predicted molar refractivity (Wildman–Crippen MR) is 72.1 cm³/mol. The summed E-state index contributed by atoms with van der Waals surface area (Å²) in [4.78, 5) is 26.7. The fourth-order valence-electron chi connectivity index (χ4n) is 1.70. The van der Waals surface area contributed by atoms with Crippen LogP contribution in [0.1, 0.15) is 15.9 Å². The smallest absolute Gasteiger partial charge is 0.292 e. The molecule has 0 unspecified atom stereocenters. The first-order valence-electron chi connectivity index (χ1n) is 6.28. The van der Waals surface area contributed by atoms with Crippen molar-refractivity contribution in [1.82, 2.24) is 10.3 Å². The fraction of sp³-hybridized carbons (Fsp3) is 0.0714. The van der Waals surface area contributed by atoms with Gasteiger partial charge in [-0.05, 0) is 24.3 Å². The monoisotopic (exact) mass is 345 g/mol. The normalized spacial score (nSPS) is 11.0. The molecule has 2 rings (SSSR count). The van der Waals surface area contributed by atoms with E-state index in [0.717, 1.165) is 24.4 Å². The van der Waals surface area contributed by atoms with E-state index >= 15 is 0 Å². The van der Waals surface area contributed by atoms with Gasteiger partial charge in [0.15, 0.2) is 0 Å². The van der Waals surface area contributed by atoms with Gasteiger partial charge < -0.3 is 0 Å². The van der Waals surface area contributed by atoms with Crippen LogP contribution in [0, 0.1) is 11.6 Å². The predicted octanol–water partition coefficient (Wildman–Crippen LogP) is 3.34. The lowest BCUT2D eigenvalue weighted by Crippen LogP contribution is -2.35. The van der Waals surface area contributed by atoms with Gasteiger partial charge in [-0.2, -0.15) is 13.2 Å². The third-order valence-electron chi connectivity index (χ3n) is 2.75. The maximum atomic E-state index is 13.4. The van der Waals surface area contributed by atoms with Crippen LogP contribution < -0.4 is 10.6 Å². The third-order valence-corrected chi connectivity index (χ3v) is 2.75. The van der Waals surface area contributed by atoms with Crippen molar-refractivity contribution in [2.45, 2.75) is 6.18 Å². The molecule has 0 bridgehead atoms. The Labute approximate surface area is 131 Å². The molecule has 0 spiro atoms. The van der Waals surface area contributed by atoms with E-state index in [1.807, 2.05) is 5.32 Å². The number of rotatable bonds is 2. The number of carbonyl (C=O) groups excluding carboxylic acids is 2. The minimum atomic E-state index is -4.65. The molecule has 0 saturated heterocycles. The molecule has 1 aromatic heterocycles. The second kappa shape index (κ2) is 6.60. The molecule has 1 aromatic carbocycles. The lowest BCUT2D eigenvalue weighted by molar-refractivity contribution is -0.137. The van der Waals surface area contributed by atoms with Gasteiger partial charge in [0.05, 0.1) is 5.56 Å². The highest BCUT2D eigenvalue weighted by molar-refractivity contribution is 6.07. The van der Waals surface area contributed by atoms with E-state index in [4.69, 9.17) is 0 Å². The highest BCUT2D eigenvalue weighted by Gasteiger charge is 2.31. The third kappa shape index (κ3) is 4.03. The van der Waals surface area contributed by atoms with Crippen LogP contribution in [0.2, 0.25) is 0 Å². The van der Waals surface area contributed by atoms with E-state index in [1.54, 1.807) is 5.32 Å². The summed E-state index contributed by atoms with van der Waals surface area (Å²) in [6.07, 6.45) is -3.85.